The molecule has 1 unspecified atom stereocenters. The third kappa shape index (κ3) is 2.94. The summed E-state index contributed by atoms with van der Waals surface area (Å²) in [5.41, 5.74) is 2.83. The van der Waals surface area contributed by atoms with Gasteiger partial charge in [0.05, 0.1) is 14.2 Å². The van der Waals surface area contributed by atoms with Crippen LogP contribution in [0.4, 0.5) is 0 Å². The van der Waals surface area contributed by atoms with Gasteiger partial charge in [-0.05, 0) is 35.2 Å². The zero-order chi connectivity index (χ0) is 14.5. The largest absolute Gasteiger partial charge is 0.497 e. The quantitative estimate of drug-likeness (QED) is 0.907. The Balaban J connectivity index is 2.44. The number of ether oxygens (including phenoxy) is 2. The number of aliphatic hydroxyl groups excluding tert-OH is 1. The van der Waals surface area contributed by atoms with Gasteiger partial charge in [-0.3, -0.25) is 0 Å². The second-order valence-corrected chi connectivity index (χ2v) is 4.60. The maximum atomic E-state index is 10.6. The number of hydrogen-bond acceptors (Lipinski definition) is 3. The van der Waals surface area contributed by atoms with Gasteiger partial charge < -0.3 is 14.6 Å². The molecule has 0 aliphatic heterocycles. The molecule has 0 bridgehead atoms. The van der Waals surface area contributed by atoms with Gasteiger partial charge in [0.15, 0.2) is 0 Å². The molecule has 0 radical (unpaired) electrons. The lowest BCUT2D eigenvalue weighted by atomic mass is 9.95. The fourth-order valence-electron chi connectivity index (χ4n) is 2.29. The molecule has 3 nitrogen and oxygen atoms in total. The molecule has 0 heterocycles. The van der Waals surface area contributed by atoms with Crippen LogP contribution in [0.25, 0.3) is 0 Å². The van der Waals surface area contributed by atoms with Crippen LogP contribution in [0, 0.1) is 0 Å². The second-order valence-electron chi connectivity index (χ2n) is 4.60. The van der Waals surface area contributed by atoms with Crippen molar-refractivity contribution in [3.8, 4) is 11.5 Å². The summed E-state index contributed by atoms with van der Waals surface area (Å²) in [7, 11) is 3.20. The molecule has 2 aromatic carbocycles. The molecule has 20 heavy (non-hydrogen) atoms. The molecule has 0 aliphatic rings. The Hall–Kier alpha value is -2.00. The van der Waals surface area contributed by atoms with Gasteiger partial charge in [-0.25, -0.2) is 0 Å². The summed E-state index contributed by atoms with van der Waals surface area (Å²) >= 11 is 0. The molecular weight excluding hydrogens is 252 g/mol. The van der Waals surface area contributed by atoms with E-state index >= 15 is 0 Å². The molecule has 0 saturated heterocycles. The van der Waals surface area contributed by atoms with E-state index in [1.807, 2.05) is 36.4 Å². The minimum Gasteiger partial charge on any atom is -0.497 e. The van der Waals surface area contributed by atoms with E-state index in [4.69, 9.17) is 9.47 Å². The first-order valence-electron chi connectivity index (χ1n) is 6.68. The van der Waals surface area contributed by atoms with Gasteiger partial charge in [-0.2, -0.15) is 0 Å². The summed E-state index contributed by atoms with van der Waals surface area (Å²) in [6.45, 7) is 2.08. The minimum absolute atomic E-state index is 0.673. The normalized spacial score (nSPS) is 12.0. The topological polar surface area (TPSA) is 38.7 Å². The monoisotopic (exact) mass is 272 g/mol. The van der Waals surface area contributed by atoms with Gasteiger partial charge in [0.2, 0.25) is 0 Å². The highest BCUT2D eigenvalue weighted by atomic mass is 16.5. The average Bonchev–Trinajstić information content (AvgIpc) is 2.53. The number of benzene rings is 2. The summed E-state index contributed by atoms with van der Waals surface area (Å²) in [6.07, 6.45) is 0.198. The standard InChI is InChI=1S/C17H20O3/c1-4-12-7-5-6-8-16(12)17(18)13-9-14(19-2)11-15(10-13)20-3/h5-11,17-18H,4H2,1-3H3. The van der Waals surface area contributed by atoms with Crippen molar-refractivity contribution in [3.63, 3.8) is 0 Å². The van der Waals surface area contributed by atoms with Gasteiger partial charge in [0.25, 0.3) is 0 Å². The molecule has 1 N–H and O–H groups in total. The molecular formula is C17H20O3. The zero-order valence-corrected chi connectivity index (χ0v) is 12.1. The van der Waals surface area contributed by atoms with Crippen molar-refractivity contribution in [1.29, 1.82) is 0 Å². The van der Waals surface area contributed by atoms with Crippen LogP contribution >= 0.6 is 0 Å². The van der Waals surface area contributed by atoms with Crippen LogP contribution < -0.4 is 9.47 Å². The van der Waals surface area contributed by atoms with Gasteiger partial charge >= 0.3 is 0 Å². The van der Waals surface area contributed by atoms with Crippen LogP contribution in [0.5, 0.6) is 11.5 Å². The number of hydrogen-bond donors (Lipinski definition) is 1. The van der Waals surface area contributed by atoms with Crippen LogP contribution in [0.1, 0.15) is 29.7 Å². The third-order valence-electron chi connectivity index (χ3n) is 3.42. The van der Waals surface area contributed by atoms with E-state index in [9.17, 15) is 5.11 Å². The lowest BCUT2D eigenvalue weighted by molar-refractivity contribution is 0.218. The highest BCUT2D eigenvalue weighted by Crippen LogP contribution is 2.31. The van der Waals surface area contributed by atoms with E-state index in [0.717, 1.165) is 23.1 Å². The van der Waals surface area contributed by atoms with Crippen molar-refractivity contribution in [2.75, 3.05) is 14.2 Å². The summed E-state index contributed by atoms with van der Waals surface area (Å²) < 4.78 is 10.5. The smallest absolute Gasteiger partial charge is 0.122 e. The van der Waals surface area contributed by atoms with E-state index < -0.39 is 6.10 Å². The van der Waals surface area contributed by atoms with Crippen molar-refractivity contribution < 1.29 is 14.6 Å². The molecule has 0 amide bonds. The van der Waals surface area contributed by atoms with E-state index in [-0.39, 0.29) is 0 Å². The molecule has 3 heteroatoms. The minimum atomic E-state index is -0.685. The van der Waals surface area contributed by atoms with Gasteiger partial charge in [-0.15, -0.1) is 0 Å². The van der Waals surface area contributed by atoms with Crippen molar-refractivity contribution in [1.82, 2.24) is 0 Å². The first-order chi connectivity index (χ1) is 9.69. The predicted molar refractivity (Wildman–Crippen MR) is 79.4 cm³/mol. The Labute approximate surface area is 119 Å². The molecule has 2 aromatic rings. The molecule has 0 spiro atoms. The number of methoxy groups -OCH3 is 2. The second kappa shape index (κ2) is 6.44. The van der Waals surface area contributed by atoms with Crippen molar-refractivity contribution >= 4 is 0 Å². The number of rotatable bonds is 5. The molecule has 2 rings (SSSR count). The van der Waals surface area contributed by atoms with Crippen LogP contribution in [0.3, 0.4) is 0 Å². The summed E-state index contributed by atoms with van der Waals surface area (Å²) in [6, 6.07) is 13.4. The molecule has 0 fully saturated rings. The van der Waals surface area contributed by atoms with Crippen LogP contribution in [-0.2, 0) is 6.42 Å². The van der Waals surface area contributed by atoms with Crippen LogP contribution in [-0.4, -0.2) is 19.3 Å². The van der Waals surface area contributed by atoms with Gasteiger partial charge in [-0.1, -0.05) is 31.2 Å². The summed E-state index contributed by atoms with van der Waals surface area (Å²) in [5, 5.41) is 10.6. The van der Waals surface area contributed by atoms with Crippen LogP contribution in [0.15, 0.2) is 42.5 Å². The summed E-state index contributed by atoms with van der Waals surface area (Å²) in [5.74, 6) is 1.35. The lowest BCUT2D eigenvalue weighted by Crippen LogP contribution is -2.04. The first kappa shape index (κ1) is 14.4. The maximum absolute atomic E-state index is 10.6. The van der Waals surface area contributed by atoms with Gasteiger partial charge in [0, 0.05) is 6.07 Å². The predicted octanol–water partition coefficient (Wildman–Crippen LogP) is 3.35. The number of aliphatic hydroxyl groups is 1. The van der Waals surface area contributed by atoms with Crippen molar-refractivity contribution in [2.24, 2.45) is 0 Å². The Morgan fingerprint density at radius 3 is 2.15 bits per heavy atom. The molecule has 106 valence electrons. The molecule has 0 aromatic heterocycles. The Morgan fingerprint density at radius 2 is 1.60 bits per heavy atom. The maximum Gasteiger partial charge on any atom is 0.122 e. The van der Waals surface area contributed by atoms with Crippen LogP contribution in [0.2, 0.25) is 0 Å². The first-order valence-corrected chi connectivity index (χ1v) is 6.68. The Bertz CT molecular complexity index is 556. The highest BCUT2D eigenvalue weighted by Gasteiger charge is 2.15. The fourth-order valence-corrected chi connectivity index (χ4v) is 2.29. The summed E-state index contributed by atoms with van der Waals surface area (Å²) in [4.78, 5) is 0. The third-order valence-corrected chi connectivity index (χ3v) is 3.42. The fraction of sp³-hybridized carbons (Fsp3) is 0.294. The molecule has 1 atom stereocenters. The van der Waals surface area contributed by atoms with E-state index in [1.165, 1.54) is 0 Å². The SMILES string of the molecule is CCc1ccccc1C(O)c1cc(OC)cc(OC)c1. The molecule has 0 saturated carbocycles. The Morgan fingerprint density at radius 1 is 1.00 bits per heavy atom. The number of aryl methyl sites for hydroxylation is 1. The molecule has 0 aliphatic carbocycles. The highest BCUT2D eigenvalue weighted by molar-refractivity contribution is 5.43. The van der Waals surface area contributed by atoms with E-state index in [2.05, 4.69) is 6.92 Å². The van der Waals surface area contributed by atoms with E-state index in [1.54, 1.807) is 20.3 Å². The lowest BCUT2D eigenvalue weighted by Gasteiger charge is -2.17. The van der Waals surface area contributed by atoms with Crippen molar-refractivity contribution in [3.05, 3.63) is 59.2 Å². The average molecular weight is 272 g/mol. The van der Waals surface area contributed by atoms with Crippen molar-refractivity contribution in [2.45, 2.75) is 19.4 Å². The van der Waals surface area contributed by atoms with Gasteiger partial charge in [0.1, 0.15) is 17.6 Å². The zero-order valence-electron chi connectivity index (χ0n) is 12.1. The van der Waals surface area contributed by atoms with E-state index in [0.29, 0.717) is 11.5 Å². The Kier molecular flexibility index (Phi) is 4.64.